The van der Waals surface area contributed by atoms with Crippen molar-refractivity contribution < 1.29 is 23.8 Å². The normalized spacial score (nSPS) is 16.2. The van der Waals surface area contributed by atoms with Gasteiger partial charge in [-0.15, -0.1) is 11.3 Å². The predicted molar refractivity (Wildman–Crippen MR) is 124 cm³/mol. The molecule has 1 aromatic heterocycles. The first-order valence-electron chi connectivity index (χ1n) is 10.9. The van der Waals surface area contributed by atoms with Gasteiger partial charge in [-0.2, -0.15) is 0 Å². The minimum absolute atomic E-state index is 0.0331. The van der Waals surface area contributed by atoms with Crippen molar-refractivity contribution in [1.29, 1.82) is 0 Å². The summed E-state index contributed by atoms with van der Waals surface area (Å²) in [6, 6.07) is 9.26. The first-order chi connectivity index (χ1) is 15.5. The Kier molecular flexibility index (Phi) is 8.53. The summed E-state index contributed by atoms with van der Waals surface area (Å²) in [6.45, 7) is 4.90. The molecule has 8 heteroatoms. The standard InChI is InChI=1S/C24H32N2O5S/c1-5-17(2)26(24(28)16-29-3)14-23(27)25-11-9-22-20(10-12-32-22)21(25)15-31-19-8-6-7-18(13-19)30-4/h6-8,10,12-13,17,21H,5,9,11,14-16H2,1-4H3/t17-,21-/m1/s1. The van der Waals surface area contributed by atoms with Gasteiger partial charge >= 0.3 is 0 Å². The number of amides is 2. The molecule has 2 amide bonds. The van der Waals surface area contributed by atoms with Crippen LogP contribution in [0.15, 0.2) is 35.7 Å². The molecule has 0 saturated carbocycles. The van der Waals surface area contributed by atoms with Crippen molar-refractivity contribution in [3.63, 3.8) is 0 Å². The van der Waals surface area contributed by atoms with Crippen LogP contribution in [-0.2, 0) is 20.7 Å². The Balaban J connectivity index is 1.78. The molecule has 2 aromatic rings. The Bertz CT molecular complexity index is 915. The van der Waals surface area contributed by atoms with Gasteiger partial charge in [-0.25, -0.2) is 0 Å². The van der Waals surface area contributed by atoms with Crippen LogP contribution in [-0.4, -0.2) is 68.2 Å². The molecule has 0 radical (unpaired) electrons. The van der Waals surface area contributed by atoms with Gasteiger partial charge < -0.3 is 24.0 Å². The van der Waals surface area contributed by atoms with Crippen molar-refractivity contribution in [3.05, 3.63) is 46.2 Å². The lowest BCUT2D eigenvalue weighted by atomic mass is 10.00. The SMILES string of the molecule is CC[C@@H](C)N(CC(=O)N1CCc2sccc2[C@H]1COc1cccc(OC)c1)C(=O)COC. The minimum atomic E-state index is -0.208. The maximum Gasteiger partial charge on any atom is 0.249 e. The summed E-state index contributed by atoms with van der Waals surface area (Å²) in [4.78, 5) is 30.7. The number of hydrogen-bond donors (Lipinski definition) is 0. The van der Waals surface area contributed by atoms with E-state index in [0.717, 1.165) is 24.2 Å². The first-order valence-corrected chi connectivity index (χ1v) is 11.8. The molecule has 32 heavy (non-hydrogen) atoms. The van der Waals surface area contributed by atoms with Crippen LogP contribution in [0.5, 0.6) is 11.5 Å². The van der Waals surface area contributed by atoms with E-state index in [1.807, 2.05) is 43.0 Å². The Morgan fingerprint density at radius 3 is 2.75 bits per heavy atom. The minimum Gasteiger partial charge on any atom is -0.497 e. The van der Waals surface area contributed by atoms with Crippen LogP contribution in [0.2, 0.25) is 0 Å². The Morgan fingerprint density at radius 1 is 1.25 bits per heavy atom. The van der Waals surface area contributed by atoms with Crippen molar-refractivity contribution in [1.82, 2.24) is 9.80 Å². The highest BCUT2D eigenvalue weighted by Crippen LogP contribution is 2.34. The third kappa shape index (κ3) is 5.61. The van der Waals surface area contributed by atoms with Crippen LogP contribution in [0.25, 0.3) is 0 Å². The average molecular weight is 461 g/mol. The fourth-order valence-corrected chi connectivity index (χ4v) is 4.82. The Hall–Kier alpha value is -2.58. The molecular weight excluding hydrogens is 428 g/mol. The highest BCUT2D eigenvalue weighted by Gasteiger charge is 2.34. The zero-order chi connectivity index (χ0) is 23.1. The lowest BCUT2D eigenvalue weighted by molar-refractivity contribution is -0.146. The van der Waals surface area contributed by atoms with Gasteiger partial charge in [0.2, 0.25) is 11.8 Å². The third-order valence-electron chi connectivity index (χ3n) is 5.88. The Labute approximate surface area is 193 Å². The average Bonchev–Trinajstić information content (AvgIpc) is 3.29. The molecule has 1 aliphatic rings. The molecule has 0 unspecified atom stereocenters. The number of carbonyl (C=O) groups is 2. The first kappa shape index (κ1) is 24.1. The van der Waals surface area contributed by atoms with E-state index >= 15 is 0 Å². The second kappa shape index (κ2) is 11.3. The molecular formula is C24H32N2O5S. The topological polar surface area (TPSA) is 68.3 Å². The molecule has 2 heterocycles. The van der Waals surface area contributed by atoms with Crippen molar-refractivity contribution in [2.75, 3.05) is 40.5 Å². The maximum atomic E-state index is 13.4. The fraction of sp³-hybridized carbons (Fsp3) is 0.500. The van der Waals surface area contributed by atoms with E-state index in [9.17, 15) is 9.59 Å². The van der Waals surface area contributed by atoms with E-state index in [1.165, 1.54) is 12.0 Å². The van der Waals surface area contributed by atoms with Gasteiger partial charge in [0.05, 0.1) is 13.2 Å². The van der Waals surface area contributed by atoms with E-state index in [2.05, 4.69) is 11.4 Å². The van der Waals surface area contributed by atoms with Crippen molar-refractivity contribution >= 4 is 23.2 Å². The summed E-state index contributed by atoms with van der Waals surface area (Å²) < 4.78 is 16.4. The van der Waals surface area contributed by atoms with Crippen LogP contribution < -0.4 is 9.47 Å². The van der Waals surface area contributed by atoms with E-state index in [-0.39, 0.29) is 37.0 Å². The number of nitrogens with zero attached hydrogens (tertiary/aromatic N) is 2. The summed E-state index contributed by atoms with van der Waals surface area (Å²) in [7, 11) is 3.11. The summed E-state index contributed by atoms with van der Waals surface area (Å²) >= 11 is 1.71. The van der Waals surface area contributed by atoms with E-state index in [4.69, 9.17) is 14.2 Å². The number of hydrogen-bond acceptors (Lipinski definition) is 6. The van der Waals surface area contributed by atoms with Crippen LogP contribution in [0.4, 0.5) is 0 Å². The van der Waals surface area contributed by atoms with Crippen molar-refractivity contribution in [2.24, 2.45) is 0 Å². The van der Waals surface area contributed by atoms with Crippen LogP contribution >= 0.6 is 11.3 Å². The molecule has 0 bridgehead atoms. The van der Waals surface area contributed by atoms with E-state index in [1.54, 1.807) is 23.3 Å². The van der Waals surface area contributed by atoms with Gasteiger partial charge in [-0.05, 0) is 48.9 Å². The summed E-state index contributed by atoms with van der Waals surface area (Å²) in [6.07, 6.45) is 1.57. The fourth-order valence-electron chi connectivity index (χ4n) is 3.89. The Morgan fingerprint density at radius 2 is 2.03 bits per heavy atom. The zero-order valence-electron chi connectivity index (χ0n) is 19.2. The van der Waals surface area contributed by atoms with Gasteiger partial charge in [-0.3, -0.25) is 9.59 Å². The van der Waals surface area contributed by atoms with Crippen LogP contribution in [0.1, 0.15) is 36.8 Å². The summed E-state index contributed by atoms with van der Waals surface area (Å²) in [5, 5.41) is 2.06. The monoisotopic (exact) mass is 460 g/mol. The lowest BCUT2D eigenvalue weighted by Crippen LogP contribution is -2.50. The summed E-state index contributed by atoms with van der Waals surface area (Å²) in [5.74, 6) is 1.16. The predicted octanol–water partition coefficient (Wildman–Crippen LogP) is 3.54. The van der Waals surface area contributed by atoms with E-state index < -0.39 is 0 Å². The summed E-state index contributed by atoms with van der Waals surface area (Å²) in [5.41, 5.74) is 1.12. The molecule has 7 nitrogen and oxygen atoms in total. The molecule has 1 aromatic carbocycles. The highest BCUT2D eigenvalue weighted by atomic mass is 32.1. The quantitative estimate of drug-likeness (QED) is 0.543. The van der Waals surface area contributed by atoms with Crippen molar-refractivity contribution in [3.8, 4) is 11.5 Å². The number of methoxy groups -OCH3 is 2. The molecule has 0 N–H and O–H groups in total. The molecule has 0 fully saturated rings. The molecule has 0 saturated heterocycles. The molecule has 174 valence electrons. The number of carbonyl (C=O) groups excluding carboxylic acids is 2. The largest absolute Gasteiger partial charge is 0.497 e. The second-order valence-electron chi connectivity index (χ2n) is 7.85. The molecule has 0 spiro atoms. The van der Waals surface area contributed by atoms with E-state index in [0.29, 0.717) is 18.9 Å². The number of benzene rings is 1. The highest BCUT2D eigenvalue weighted by molar-refractivity contribution is 7.10. The van der Waals surface area contributed by atoms with Crippen LogP contribution in [0.3, 0.4) is 0 Å². The maximum absolute atomic E-state index is 13.4. The van der Waals surface area contributed by atoms with Gasteiger partial charge in [-0.1, -0.05) is 13.0 Å². The van der Waals surface area contributed by atoms with Gasteiger partial charge in [0.1, 0.15) is 31.3 Å². The smallest absolute Gasteiger partial charge is 0.249 e. The molecule has 2 atom stereocenters. The number of thiophene rings is 1. The third-order valence-corrected chi connectivity index (χ3v) is 6.88. The van der Waals surface area contributed by atoms with Gasteiger partial charge in [0, 0.05) is 30.6 Å². The lowest BCUT2D eigenvalue weighted by Gasteiger charge is -2.38. The van der Waals surface area contributed by atoms with Gasteiger partial charge in [0.15, 0.2) is 0 Å². The van der Waals surface area contributed by atoms with Crippen LogP contribution in [0, 0.1) is 0 Å². The van der Waals surface area contributed by atoms with Crippen molar-refractivity contribution in [2.45, 2.75) is 38.8 Å². The van der Waals surface area contributed by atoms with Gasteiger partial charge in [0.25, 0.3) is 0 Å². The zero-order valence-corrected chi connectivity index (χ0v) is 20.0. The molecule has 0 aliphatic carbocycles. The second-order valence-corrected chi connectivity index (χ2v) is 8.85. The number of fused-ring (bicyclic) bond motifs is 1. The number of ether oxygens (including phenoxy) is 3. The molecule has 3 rings (SSSR count). The number of rotatable bonds is 10. The molecule has 1 aliphatic heterocycles.